The van der Waals surface area contributed by atoms with E-state index in [1.165, 1.54) is 0 Å². The molecule has 1 aromatic rings. The monoisotopic (exact) mass is 345 g/mol. The van der Waals surface area contributed by atoms with Crippen LogP contribution in [0.5, 0.6) is 5.75 Å². The van der Waals surface area contributed by atoms with E-state index in [1.807, 2.05) is 19.9 Å². The van der Waals surface area contributed by atoms with E-state index in [2.05, 4.69) is 39.9 Å². The van der Waals surface area contributed by atoms with Crippen LogP contribution in [0.25, 0.3) is 0 Å². The summed E-state index contributed by atoms with van der Waals surface area (Å²) in [6.07, 6.45) is 1.13. The van der Waals surface area contributed by atoms with E-state index in [9.17, 15) is 0 Å². The third-order valence-electron chi connectivity index (χ3n) is 3.17. The minimum absolute atomic E-state index is 0.0160. The van der Waals surface area contributed by atoms with Gasteiger partial charge in [0.2, 0.25) is 0 Å². The zero-order valence-corrected chi connectivity index (χ0v) is 16.3. The van der Waals surface area contributed by atoms with E-state index in [0.29, 0.717) is 16.6 Å². The fraction of sp³-hybridized carbons (Fsp3) is 0.667. The molecule has 2 nitrogen and oxygen atoms in total. The third-order valence-corrected chi connectivity index (χ3v) is 3.67. The van der Waals surface area contributed by atoms with Crippen LogP contribution >= 0.6 is 23.2 Å². The molecule has 1 rings (SSSR count). The van der Waals surface area contributed by atoms with E-state index in [-0.39, 0.29) is 17.1 Å². The van der Waals surface area contributed by atoms with Crippen LogP contribution in [0.3, 0.4) is 0 Å². The van der Waals surface area contributed by atoms with Crippen molar-refractivity contribution in [2.24, 2.45) is 5.41 Å². The Balaban J connectivity index is 2.93. The van der Waals surface area contributed by atoms with Gasteiger partial charge in [-0.3, -0.25) is 0 Å². The van der Waals surface area contributed by atoms with E-state index in [1.54, 1.807) is 6.07 Å². The Labute approximate surface area is 145 Å². The Bertz CT molecular complexity index is 505. The van der Waals surface area contributed by atoms with Gasteiger partial charge in [0.05, 0.1) is 11.1 Å². The van der Waals surface area contributed by atoms with Gasteiger partial charge in [-0.1, -0.05) is 44.0 Å². The van der Waals surface area contributed by atoms with E-state index < -0.39 is 0 Å². The van der Waals surface area contributed by atoms with Crippen molar-refractivity contribution in [3.63, 3.8) is 0 Å². The summed E-state index contributed by atoms with van der Waals surface area (Å²) in [7, 11) is 0. The molecule has 0 bridgehead atoms. The Morgan fingerprint density at radius 1 is 1.09 bits per heavy atom. The first-order valence-corrected chi connectivity index (χ1v) is 8.55. The molecule has 0 spiro atoms. The highest BCUT2D eigenvalue weighted by atomic mass is 35.5. The fourth-order valence-electron chi connectivity index (χ4n) is 2.84. The lowest BCUT2D eigenvalue weighted by Gasteiger charge is -2.34. The van der Waals surface area contributed by atoms with Crippen molar-refractivity contribution >= 4 is 23.2 Å². The zero-order valence-electron chi connectivity index (χ0n) is 14.8. The predicted molar refractivity (Wildman–Crippen MR) is 97.2 cm³/mol. The van der Waals surface area contributed by atoms with Crippen LogP contribution in [0.4, 0.5) is 0 Å². The Morgan fingerprint density at radius 3 is 2.18 bits per heavy atom. The van der Waals surface area contributed by atoms with Gasteiger partial charge in [0, 0.05) is 22.7 Å². The molecule has 0 amide bonds. The van der Waals surface area contributed by atoms with Crippen molar-refractivity contribution in [2.45, 2.75) is 73.1 Å². The van der Waals surface area contributed by atoms with E-state index >= 15 is 0 Å². The van der Waals surface area contributed by atoms with Crippen LogP contribution in [0, 0.1) is 5.41 Å². The first kappa shape index (κ1) is 19.6. The Hall–Kier alpha value is -0.440. The van der Waals surface area contributed by atoms with Crippen LogP contribution in [-0.2, 0) is 6.54 Å². The third kappa shape index (κ3) is 6.76. The number of benzene rings is 1. The molecule has 1 N–H and O–H groups in total. The molecule has 126 valence electrons. The van der Waals surface area contributed by atoms with Gasteiger partial charge in [-0.15, -0.1) is 0 Å². The molecule has 0 saturated heterocycles. The number of rotatable bonds is 6. The summed E-state index contributed by atoms with van der Waals surface area (Å²) in [5.74, 6) is 0.722. The first-order valence-electron chi connectivity index (χ1n) is 7.79. The highest BCUT2D eigenvalue weighted by Gasteiger charge is 2.25. The number of nitrogens with one attached hydrogen (secondary N) is 1. The van der Waals surface area contributed by atoms with Gasteiger partial charge >= 0.3 is 0 Å². The topological polar surface area (TPSA) is 21.3 Å². The largest absolute Gasteiger partial charge is 0.489 e. The van der Waals surface area contributed by atoms with Crippen LogP contribution in [0.15, 0.2) is 12.1 Å². The van der Waals surface area contributed by atoms with Gasteiger partial charge in [0.25, 0.3) is 0 Å². The molecule has 4 heteroatoms. The van der Waals surface area contributed by atoms with Crippen molar-refractivity contribution in [1.82, 2.24) is 5.32 Å². The summed E-state index contributed by atoms with van der Waals surface area (Å²) in [4.78, 5) is 0. The first-order chi connectivity index (χ1) is 9.89. The quantitative estimate of drug-likeness (QED) is 0.673. The lowest BCUT2D eigenvalue weighted by molar-refractivity contribution is 0.229. The molecular weight excluding hydrogens is 317 g/mol. The maximum atomic E-state index is 6.30. The molecule has 0 fully saturated rings. The smallest absolute Gasteiger partial charge is 0.142 e. The van der Waals surface area contributed by atoms with Crippen molar-refractivity contribution in [3.05, 3.63) is 27.7 Å². The molecule has 0 saturated carbocycles. The highest BCUT2D eigenvalue weighted by Crippen LogP contribution is 2.34. The van der Waals surface area contributed by atoms with Crippen LogP contribution in [-0.4, -0.2) is 11.6 Å². The maximum absolute atomic E-state index is 6.30. The van der Waals surface area contributed by atoms with E-state index in [0.717, 1.165) is 17.7 Å². The molecule has 0 aliphatic rings. The fourth-order valence-corrected chi connectivity index (χ4v) is 3.42. The maximum Gasteiger partial charge on any atom is 0.142 e. The van der Waals surface area contributed by atoms with Gasteiger partial charge < -0.3 is 10.1 Å². The lowest BCUT2D eigenvalue weighted by Crippen LogP contribution is -2.41. The number of ether oxygens (including phenoxy) is 1. The Kier molecular flexibility index (Phi) is 6.61. The average molecular weight is 346 g/mol. The van der Waals surface area contributed by atoms with Crippen molar-refractivity contribution in [1.29, 1.82) is 0 Å². The molecule has 0 atom stereocenters. The molecule has 0 heterocycles. The van der Waals surface area contributed by atoms with Gasteiger partial charge in [0.1, 0.15) is 5.75 Å². The summed E-state index contributed by atoms with van der Waals surface area (Å²) in [6, 6.07) is 3.65. The second-order valence-electron chi connectivity index (χ2n) is 8.02. The minimum atomic E-state index is 0.0160. The summed E-state index contributed by atoms with van der Waals surface area (Å²) in [6.45, 7) is 15.8. The standard InChI is InChI=1S/C18H29Cl2NO/c1-12(2)22-16-13(8-14(19)9-15(16)20)10-21-18(6,7)11-17(3,4)5/h8-9,12,21H,10-11H2,1-7H3. The molecule has 0 radical (unpaired) electrons. The highest BCUT2D eigenvalue weighted by molar-refractivity contribution is 6.35. The normalized spacial score (nSPS) is 12.8. The van der Waals surface area contributed by atoms with Crippen molar-refractivity contribution in [3.8, 4) is 5.75 Å². The van der Waals surface area contributed by atoms with Gasteiger partial charge in [-0.05, 0) is 51.7 Å². The molecule has 0 aliphatic carbocycles. The van der Waals surface area contributed by atoms with Gasteiger partial charge in [0.15, 0.2) is 0 Å². The Morgan fingerprint density at radius 2 is 1.68 bits per heavy atom. The van der Waals surface area contributed by atoms with Crippen molar-refractivity contribution in [2.75, 3.05) is 0 Å². The van der Waals surface area contributed by atoms with Gasteiger partial charge in [-0.2, -0.15) is 0 Å². The number of hydrogen-bond donors (Lipinski definition) is 1. The molecular formula is C18H29Cl2NO. The molecule has 0 aliphatic heterocycles. The number of halogens is 2. The second kappa shape index (κ2) is 7.42. The van der Waals surface area contributed by atoms with Crippen LogP contribution in [0.1, 0.15) is 60.5 Å². The number of hydrogen-bond acceptors (Lipinski definition) is 2. The van der Waals surface area contributed by atoms with Gasteiger partial charge in [-0.25, -0.2) is 0 Å². The van der Waals surface area contributed by atoms with Crippen LogP contribution in [0.2, 0.25) is 10.0 Å². The molecule has 1 aromatic carbocycles. The molecule has 0 aromatic heterocycles. The van der Waals surface area contributed by atoms with E-state index in [4.69, 9.17) is 27.9 Å². The summed E-state index contributed by atoms with van der Waals surface area (Å²) in [5.41, 5.74) is 1.27. The van der Waals surface area contributed by atoms with Crippen molar-refractivity contribution < 1.29 is 4.74 Å². The summed E-state index contributed by atoms with van der Waals surface area (Å²) < 4.78 is 5.87. The molecule has 22 heavy (non-hydrogen) atoms. The average Bonchev–Trinajstić information content (AvgIpc) is 2.27. The SMILES string of the molecule is CC(C)Oc1c(Cl)cc(Cl)cc1CNC(C)(C)CC(C)(C)C. The zero-order chi connectivity index (χ0) is 17.1. The predicted octanol–water partition coefficient (Wildman–Crippen LogP) is 6.09. The van der Waals surface area contributed by atoms with Crippen LogP contribution < -0.4 is 10.1 Å². The molecule has 0 unspecified atom stereocenters. The minimum Gasteiger partial charge on any atom is -0.489 e. The summed E-state index contributed by atoms with van der Waals surface area (Å²) in [5, 5.41) is 4.80. The lowest BCUT2D eigenvalue weighted by atomic mass is 9.82. The summed E-state index contributed by atoms with van der Waals surface area (Å²) >= 11 is 12.4. The second-order valence-corrected chi connectivity index (χ2v) is 8.86.